The van der Waals surface area contributed by atoms with E-state index in [1.807, 2.05) is 50.2 Å². The number of anilines is 1. The summed E-state index contributed by atoms with van der Waals surface area (Å²) in [7, 11) is 0. The molecule has 0 saturated carbocycles. The number of hydrogen-bond donors (Lipinski definition) is 2. The van der Waals surface area contributed by atoms with Crippen molar-refractivity contribution >= 4 is 49.3 Å². The Bertz CT molecular complexity index is 1260. The lowest BCUT2D eigenvalue weighted by Gasteiger charge is -2.09. The van der Waals surface area contributed by atoms with Crippen LogP contribution in [-0.2, 0) is 11.3 Å². The summed E-state index contributed by atoms with van der Waals surface area (Å²) in [5.74, 6) is -0.319. The maximum atomic E-state index is 12.8. The molecule has 0 spiro atoms. The number of nitrogens with one attached hydrogen (secondary N) is 2. The van der Waals surface area contributed by atoms with Crippen molar-refractivity contribution in [1.29, 1.82) is 0 Å². The Labute approximate surface area is 163 Å². The van der Waals surface area contributed by atoms with Crippen molar-refractivity contribution in [2.45, 2.75) is 20.4 Å². The van der Waals surface area contributed by atoms with Gasteiger partial charge in [-0.3, -0.25) is 9.59 Å². The van der Waals surface area contributed by atoms with Crippen LogP contribution in [0.2, 0.25) is 0 Å². The zero-order valence-corrected chi connectivity index (χ0v) is 16.4. The highest BCUT2D eigenvalue weighted by atomic mass is 79.9. The van der Waals surface area contributed by atoms with Crippen LogP contribution in [0, 0.1) is 13.8 Å². The lowest BCUT2D eigenvalue weighted by molar-refractivity contribution is -0.117. The van der Waals surface area contributed by atoms with Crippen LogP contribution < -0.4 is 10.9 Å². The molecule has 2 aromatic carbocycles. The molecular formula is C20H17BrN4O2. The van der Waals surface area contributed by atoms with E-state index < -0.39 is 0 Å². The minimum Gasteiger partial charge on any atom is -0.350 e. The number of carbonyl (C=O) groups is 1. The van der Waals surface area contributed by atoms with Crippen molar-refractivity contribution in [2.75, 3.05) is 5.32 Å². The van der Waals surface area contributed by atoms with E-state index in [-0.39, 0.29) is 18.0 Å². The average Bonchev–Trinajstić information content (AvgIpc) is 2.98. The van der Waals surface area contributed by atoms with Crippen LogP contribution in [0.15, 0.2) is 51.9 Å². The van der Waals surface area contributed by atoms with Crippen LogP contribution in [0.4, 0.5) is 5.69 Å². The largest absolute Gasteiger partial charge is 0.350 e. The molecule has 0 fully saturated rings. The summed E-state index contributed by atoms with van der Waals surface area (Å²) in [6.07, 6.45) is 1.63. The zero-order chi connectivity index (χ0) is 19.1. The van der Waals surface area contributed by atoms with Gasteiger partial charge in [0.1, 0.15) is 12.1 Å². The highest BCUT2D eigenvalue weighted by molar-refractivity contribution is 9.10. The van der Waals surface area contributed by atoms with Crippen molar-refractivity contribution in [1.82, 2.24) is 14.8 Å². The summed E-state index contributed by atoms with van der Waals surface area (Å²) in [5, 5.41) is 8.70. The van der Waals surface area contributed by atoms with Crippen LogP contribution in [0.5, 0.6) is 0 Å². The SMILES string of the molecule is Cc1ccc(NC(=O)Cn2ncc3c([nH]c4ccc(C)cc43)c2=O)c(Br)c1. The van der Waals surface area contributed by atoms with E-state index in [0.717, 1.165) is 31.9 Å². The molecule has 7 heteroatoms. The molecule has 4 rings (SSSR count). The number of benzene rings is 2. The maximum absolute atomic E-state index is 12.8. The van der Waals surface area contributed by atoms with Crippen molar-refractivity contribution < 1.29 is 4.79 Å². The van der Waals surface area contributed by atoms with Gasteiger partial charge >= 0.3 is 0 Å². The second kappa shape index (κ2) is 6.66. The molecule has 27 heavy (non-hydrogen) atoms. The number of aromatic nitrogens is 3. The Balaban J connectivity index is 1.65. The Kier molecular flexibility index (Phi) is 4.31. The first-order valence-corrected chi connectivity index (χ1v) is 9.26. The molecule has 0 unspecified atom stereocenters. The summed E-state index contributed by atoms with van der Waals surface area (Å²) in [6.45, 7) is 3.81. The molecule has 0 radical (unpaired) electrons. The van der Waals surface area contributed by atoms with Crippen molar-refractivity contribution in [3.8, 4) is 0 Å². The van der Waals surface area contributed by atoms with Gasteiger partial charge < -0.3 is 10.3 Å². The minimum atomic E-state index is -0.320. The number of amides is 1. The zero-order valence-electron chi connectivity index (χ0n) is 14.8. The number of carbonyl (C=O) groups excluding carboxylic acids is 1. The van der Waals surface area contributed by atoms with Gasteiger partial charge in [0.2, 0.25) is 5.91 Å². The number of fused-ring (bicyclic) bond motifs is 3. The first-order valence-electron chi connectivity index (χ1n) is 8.46. The summed E-state index contributed by atoms with van der Waals surface area (Å²) >= 11 is 3.43. The van der Waals surface area contributed by atoms with Gasteiger partial charge in [-0.25, -0.2) is 4.68 Å². The minimum absolute atomic E-state index is 0.163. The topological polar surface area (TPSA) is 79.8 Å². The summed E-state index contributed by atoms with van der Waals surface area (Å²) in [4.78, 5) is 28.3. The smallest absolute Gasteiger partial charge is 0.291 e. The molecule has 2 heterocycles. The predicted octanol–water partition coefficient (Wildman–Crippen LogP) is 3.90. The van der Waals surface area contributed by atoms with Crippen molar-refractivity contribution in [3.05, 3.63) is 68.5 Å². The van der Waals surface area contributed by atoms with Gasteiger partial charge in [0.25, 0.3) is 5.56 Å². The van der Waals surface area contributed by atoms with Crippen LogP contribution in [0.3, 0.4) is 0 Å². The van der Waals surface area contributed by atoms with Gasteiger partial charge in [-0.05, 0) is 59.6 Å². The number of nitrogens with zero attached hydrogens (tertiary/aromatic N) is 2. The molecule has 0 aliphatic rings. The third-order valence-electron chi connectivity index (χ3n) is 4.46. The van der Waals surface area contributed by atoms with Crippen LogP contribution in [-0.4, -0.2) is 20.7 Å². The number of H-pyrrole nitrogens is 1. The molecule has 4 aromatic rings. The van der Waals surface area contributed by atoms with Crippen LogP contribution in [0.1, 0.15) is 11.1 Å². The standard InChI is InChI=1S/C20H17BrN4O2/c1-11-3-5-16-13(7-11)14-9-22-25(20(27)19(14)24-16)10-18(26)23-17-6-4-12(2)8-15(17)21/h3-9,24H,10H2,1-2H3,(H,23,26). The normalized spacial score (nSPS) is 11.2. The molecule has 2 aromatic heterocycles. The molecular weight excluding hydrogens is 408 g/mol. The van der Waals surface area contributed by atoms with Crippen LogP contribution >= 0.6 is 15.9 Å². The van der Waals surface area contributed by atoms with Crippen LogP contribution in [0.25, 0.3) is 21.8 Å². The first kappa shape index (κ1) is 17.5. The van der Waals surface area contributed by atoms with Gasteiger partial charge in [0, 0.05) is 20.8 Å². The molecule has 6 nitrogen and oxygen atoms in total. The van der Waals surface area contributed by atoms with E-state index in [4.69, 9.17) is 0 Å². The first-order chi connectivity index (χ1) is 12.9. The fraction of sp³-hybridized carbons (Fsp3) is 0.150. The van der Waals surface area contributed by atoms with Gasteiger partial charge in [-0.2, -0.15) is 5.10 Å². The molecule has 0 atom stereocenters. The predicted molar refractivity (Wildman–Crippen MR) is 110 cm³/mol. The van der Waals surface area contributed by atoms with E-state index in [2.05, 4.69) is 31.3 Å². The lowest BCUT2D eigenvalue weighted by atomic mass is 10.1. The van der Waals surface area contributed by atoms with E-state index in [9.17, 15) is 9.59 Å². The van der Waals surface area contributed by atoms with Gasteiger partial charge in [0.05, 0.1) is 11.9 Å². The van der Waals surface area contributed by atoms with Gasteiger partial charge in [-0.1, -0.05) is 17.7 Å². The Hall–Kier alpha value is -2.93. The quantitative estimate of drug-likeness (QED) is 0.523. The third-order valence-corrected chi connectivity index (χ3v) is 5.12. The van der Waals surface area contributed by atoms with E-state index >= 15 is 0 Å². The number of rotatable bonds is 3. The van der Waals surface area contributed by atoms with Crippen molar-refractivity contribution in [2.24, 2.45) is 0 Å². The lowest BCUT2D eigenvalue weighted by Crippen LogP contribution is -2.29. The number of hydrogen-bond acceptors (Lipinski definition) is 3. The van der Waals surface area contributed by atoms with E-state index in [1.165, 1.54) is 4.68 Å². The second-order valence-electron chi connectivity index (χ2n) is 6.60. The third kappa shape index (κ3) is 3.26. The average molecular weight is 425 g/mol. The highest BCUT2D eigenvalue weighted by Crippen LogP contribution is 2.24. The van der Waals surface area contributed by atoms with Crippen molar-refractivity contribution in [3.63, 3.8) is 0 Å². The summed E-state index contributed by atoms with van der Waals surface area (Å²) < 4.78 is 1.96. The maximum Gasteiger partial charge on any atom is 0.291 e. The molecule has 0 aliphatic carbocycles. The molecule has 0 bridgehead atoms. The fourth-order valence-electron chi connectivity index (χ4n) is 3.10. The molecule has 0 saturated heterocycles. The Morgan fingerprint density at radius 2 is 1.89 bits per heavy atom. The van der Waals surface area contributed by atoms with Gasteiger partial charge in [0.15, 0.2) is 0 Å². The van der Waals surface area contributed by atoms with E-state index in [0.29, 0.717) is 11.2 Å². The molecule has 0 aliphatic heterocycles. The highest BCUT2D eigenvalue weighted by Gasteiger charge is 2.13. The van der Waals surface area contributed by atoms with E-state index in [1.54, 1.807) is 6.20 Å². The Morgan fingerprint density at radius 3 is 2.67 bits per heavy atom. The number of aromatic amines is 1. The number of halogens is 1. The molecule has 1 amide bonds. The number of aryl methyl sites for hydroxylation is 2. The fourth-order valence-corrected chi connectivity index (χ4v) is 3.69. The molecule has 136 valence electrons. The summed E-state index contributed by atoms with van der Waals surface area (Å²) in [6, 6.07) is 11.6. The summed E-state index contributed by atoms with van der Waals surface area (Å²) in [5.41, 5.74) is 3.85. The molecule has 2 N–H and O–H groups in total. The van der Waals surface area contributed by atoms with Gasteiger partial charge in [-0.15, -0.1) is 0 Å². The second-order valence-corrected chi connectivity index (χ2v) is 7.46. The monoisotopic (exact) mass is 424 g/mol. The Morgan fingerprint density at radius 1 is 1.15 bits per heavy atom.